The molecular formula is C19H22ClFN2OS2. The van der Waals surface area contributed by atoms with Gasteiger partial charge in [-0.15, -0.1) is 11.3 Å². The Hall–Kier alpha value is -1.37. The smallest absolute Gasteiger partial charge is 0.126 e. The van der Waals surface area contributed by atoms with Crippen molar-refractivity contribution in [2.45, 2.75) is 38.0 Å². The summed E-state index contributed by atoms with van der Waals surface area (Å²) in [6, 6.07) is 6.80. The maximum atomic E-state index is 13.6. The van der Waals surface area contributed by atoms with Gasteiger partial charge in [0, 0.05) is 10.6 Å². The molecule has 0 spiro atoms. The van der Waals surface area contributed by atoms with Gasteiger partial charge in [-0.2, -0.15) is 0 Å². The van der Waals surface area contributed by atoms with Crippen LogP contribution in [0.15, 0.2) is 29.3 Å². The van der Waals surface area contributed by atoms with Gasteiger partial charge in [-0.1, -0.05) is 17.7 Å². The number of hydrogen-bond donors (Lipinski definition) is 1. The van der Waals surface area contributed by atoms with Gasteiger partial charge in [0.2, 0.25) is 0 Å². The molecular weight excluding hydrogens is 391 g/mol. The zero-order valence-electron chi connectivity index (χ0n) is 15.2. The van der Waals surface area contributed by atoms with Crippen LogP contribution in [0.1, 0.15) is 31.2 Å². The lowest BCUT2D eigenvalue weighted by molar-refractivity contribution is 0.543. The van der Waals surface area contributed by atoms with Crippen molar-refractivity contribution in [1.82, 2.24) is 0 Å². The van der Waals surface area contributed by atoms with E-state index in [1.54, 1.807) is 19.1 Å². The maximum absolute atomic E-state index is 13.6. The van der Waals surface area contributed by atoms with Gasteiger partial charge >= 0.3 is 0 Å². The topological polar surface area (TPSA) is 55.5 Å². The minimum absolute atomic E-state index is 0.243. The first-order valence-corrected chi connectivity index (χ1v) is 11.2. The largest absolute Gasteiger partial charge is 0.386 e. The standard InChI is InChI=1S/C19H22ClFN2OS2/c1-11-8-12(6-7-14(11)21)15-9-13(20)16(25-15)19(4)10-26(5,24)18(2,3)17(22)23-19/h6-9H,5,10H2,1-4H3,(H2,22,23)/t19-,26?/m0/s1. The fraction of sp³-hybridized carbons (Fsp3) is 0.368. The quantitative estimate of drug-likeness (QED) is 0.733. The molecule has 0 aliphatic carbocycles. The summed E-state index contributed by atoms with van der Waals surface area (Å²) in [6.45, 7) is 7.23. The predicted molar refractivity (Wildman–Crippen MR) is 113 cm³/mol. The van der Waals surface area contributed by atoms with Crippen molar-refractivity contribution in [3.63, 3.8) is 0 Å². The van der Waals surface area contributed by atoms with Gasteiger partial charge in [-0.05, 0) is 72.4 Å². The van der Waals surface area contributed by atoms with E-state index in [1.165, 1.54) is 17.4 Å². The number of halogens is 2. The molecule has 26 heavy (non-hydrogen) atoms. The molecule has 0 saturated heterocycles. The van der Waals surface area contributed by atoms with Crippen molar-refractivity contribution >= 4 is 44.2 Å². The molecule has 3 nitrogen and oxygen atoms in total. The van der Waals surface area contributed by atoms with Gasteiger partial charge in [-0.3, -0.25) is 9.20 Å². The van der Waals surface area contributed by atoms with Gasteiger partial charge < -0.3 is 5.73 Å². The summed E-state index contributed by atoms with van der Waals surface area (Å²) >= 11 is 7.98. The highest BCUT2D eigenvalue weighted by molar-refractivity contribution is 8.02. The van der Waals surface area contributed by atoms with Gasteiger partial charge in [0.1, 0.15) is 17.2 Å². The van der Waals surface area contributed by atoms with Crippen LogP contribution in [0.4, 0.5) is 4.39 Å². The summed E-state index contributed by atoms with van der Waals surface area (Å²) in [5.41, 5.74) is 6.81. The Labute approximate surface area is 163 Å². The van der Waals surface area contributed by atoms with Crippen LogP contribution in [0.2, 0.25) is 5.02 Å². The van der Waals surface area contributed by atoms with Gasteiger partial charge in [0.05, 0.1) is 14.6 Å². The lowest BCUT2D eigenvalue weighted by atomic mass is 10.0. The molecule has 2 aromatic rings. The first-order chi connectivity index (χ1) is 11.9. The molecule has 0 fully saturated rings. The van der Waals surface area contributed by atoms with Gasteiger partial charge in [-0.25, -0.2) is 4.39 Å². The highest BCUT2D eigenvalue weighted by Gasteiger charge is 2.46. The molecule has 140 valence electrons. The Morgan fingerprint density at radius 3 is 2.58 bits per heavy atom. The molecule has 3 rings (SSSR count). The van der Waals surface area contributed by atoms with E-state index in [4.69, 9.17) is 17.3 Å². The lowest BCUT2D eigenvalue weighted by Crippen LogP contribution is -2.54. The second kappa shape index (κ2) is 6.08. The van der Waals surface area contributed by atoms with Gasteiger partial charge in [0.25, 0.3) is 0 Å². The molecule has 2 atom stereocenters. The lowest BCUT2D eigenvalue weighted by Gasteiger charge is -2.40. The van der Waals surface area contributed by atoms with E-state index in [0.29, 0.717) is 16.4 Å². The molecule has 1 aliphatic rings. The number of rotatable bonds is 2. The number of thiophene rings is 1. The highest BCUT2D eigenvalue weighted by atomic mass is 35.5. The third kappa shape index (κ3) is 2.98. The van der Waals surface area contributed by atoms with E-state index in [1.807, 2.05) is 26.8 Å². The number of aryl methyl sites for hydroxylation is 1. The van der Waals surface area contributed by atoms with Crippen LogP contribution in [-0.4, -0.2) is 26.4 Å². The van der Waals surface area contributed by atoms with E-state index in [-0.39, 0.29) is 11.6 Å². The Bertz CT molecular complexity index is 1020. The minimum atomic E-state index is -2.51. The highest BCUT2D eigenvalue weighted by Crippen LogP contribution is 2.45. The molecule has 0 saturated carbocycles. The van der Waals surface area contributed by atoms with E-state index in [9.17, 15) is 8.60 Å². The van der Waals surface area contributed by atoms with Crippen LogP contribution in [0.5, 0.6) is 0 Å². The molecule has 1 aliphatic heterocycles. The van der Waals surface area contributed by atoms with Crippen LogP contribution >= 0.6 is 22.9 Å². The molecule has 0 radical (unpaired) electrons. The van der Waals surface area contributed by atoms with E-state index in [2.05, 4.69) is 10.9 Å². The SMILES string of the molecule is C=S1(=O)C[C@@](C)(c2sc(-c3ccc(F)c(C)c3)cc2Cl)N=C(N)C1(C)C. The molecule has 2 heterocycles. The fourth-order valence-electron chi connectivity index (χ4n) is 3.05. The first-order valence-electron chi connectivity index (χ1n) is 8.14. The van der Waals surface area contributed by atoms with E-state index >= 15 is 0 Å². The van der Waals surface area contributed by atoms with E-state index < -0.39 is 19.8 Å². The normalized spacial score (nSPS) is 28.0. The van der Waals surface area contributed by atoms with Crippen LogP contribution in [-0.2, 0) is 15.1 Å². The Morgan fingerprint density at radius 2 is 2.00 bits per heavy atom. The second-order valence-corrected chi connectivity index (χ2v) is 11.9. The molecule has 7 heteroatoms. The van der Waals surface area contributed by atoms with Gasteiger partial charge in [0.15, 0.2) is 0 Å². The Kier molecular flexibility index (Phi) is 4.53. The van der Waals surface area contributed by atoms with Crippen molar-refractivity contribution in [2.75, 3.05) is 5.75 Å². The molecule has 1 aromatic carbocycles. The number of hydrogen-bond acceptors (Lipinski definition) is 4. The number of aliphatic imine (C=N–C) groups is 1. The van der Waals surface area contributed by atoms with Crippen molar-refractivity contribution in [2.24, 2.45) is 10.7 Å². The fourth-order valence-corrected chi connectivity index (χ4v) is 6.67. The summed E-state index contributed by atoms with van der Waals surface area (Å²) in [6.07, 6.45) is 0. The summed E-state index contributed by atoms with van der Waals surface area (Å²) in [5.74, 6) is 4.32. The number of nitrogens with two attached hydrogens (primary N) is 1. The Balaban J connectivity index is 2.12. The van der Waals surface area contributed by atoms with E-state index in [0.717, 1.165) is 15.3 Å². The second-order valence-electron chi connectivity index (χ2n) is 7.49. The maximum Gasteiger partial charge on any atom is 0.126 e. The number of amidine groups is 1. The van der Waals surface area contributed by atoms with Crippen molar-refractivity contribution < 1.29 is 8.60 Å². The zero-order valence-corrected chi connectivity index (χ0v) is 17.6. The van der Waals surface area contributed by atoms with Crippen LogP contribution in [0, 0.1) is 12.7 Å². The third-order valence-corrected chi connectivity index (χ3v) is 9.99. The molecule has 0 bridgehead atoms. The average Bonchev–Trinajstić information content (AvgIpc) is 2.90. The Morgan fingerprint density at radius 1 is 1.35 bits per heavy atom. The summed E-state index contributed by atoms with van der Waals surface area (Å²) < 4.78 is 26.0. The zero-order chi connectivity index (χ0) is 19.5. The van der Waals surface area contributed by atoms with Crippen molar-refractivity contribution in [1.29, 1.82) is 0 Å². The van der Waals surface area contributed by atoms with Crippen molar-refractivity contribution in [3.05, 3.63) is 45.5 Å². The van der Waals surface area contributed by atoms with Crippen LogP contribution in [0.25, 0.3) is 10.4 Å². The first kappa shape index (κ1) is 19.4. The monoisotopic (exact) mass is 412 g/mol. The average molecular weight is 413 g/mol. The van der Waals surface area contributed by atoms with Crippen LogP contribution in [0.3, 0.4) is 0 Å². The van der Waals surface area contributed by atoms with Crippen LogP contribution < -0.4 is 5.73 Å². The summed E-state index contributed by atoms with van der Waals surface area (Å²) in [4.78, 5) is 6.38. The summed E-state index contributed by atoms with van der Waals surface area (Å²) in [5, 5.41) is 0.543. The molecule has 1 unspecified atom stereocenters. The predicted octanol–water partition coefficient (Wildman–Crippen LogP) is 4.60. The number of nitrogens with zero attached hydrogens (tertiary/aromatic N) is 1. The van der Waals surface area contributed by atoms with Crippen molar-refractivity contribution in [3.8, 4) is 10.4 Å². The molecule has 2 N–H and O–H groups in total. The molecule has 0 amide bonds. The molecule has 1 aromatic heterocycles. The number of benzene rings is 1. The summed E-state index contributed by atoms with van der Waals surface area (Å²) in [7, 11) is -2.51. The minimum Gasteiger partial charge on any atom is -0.386 e. The third-order valence-electron chi connectivity index (χ3n) is 5.05.